The topological polar surface area (TPSA) is 115 Å². The standard InChI is InChI=1S/2Al.Li.2H2O3Si.7H/c;;;2*1-4(2)3;;;;;;;/h;;;2*1-2H;;;;;;;/q;;+1;;;;;;;;;-1. The van der Waals surface area contributed by atoms with Crippen LogP contribution >= 0.6 is 0 Å². The van der Waals surface area contributed by atoms with E-state index in [-0.39, 0.29) is 55.0 Å². The second-order valence-corrected chi connectivity index (χ2v) is 1.70. The molecule has 0 unspecified atom stereocenters. The zero-order valence-corrected chi connectivity index (χ0v) is 6.61. The zero-order chi connectivity index (χ0) is 7.15. The van der Waals surface area contributed by atoms with Gasteiger partial charge in [0.2, 0.25) is 0 Å². The van der Waals surface area contributed by atoms with Crippen LogP contribution in [0, 0.1) is 0 Å². The van der Waals surface area contributed by atoms with Gasteiger partial charge in [-0.1, -0.05) is 0 Å². The van der Waals surface area contributed by atoms with Gasteiger partial charge in [-0.2, -0.15) is 0 Å². The summed E-state index contributed by atoms with van der Waals surface area (Å²) in [5.41, 5.74) is 0. The maximum Gasteiger partial charge on any atom is 1.00 e. The van der Waals surface area contributed by atoms with Crippen molar-refractivity contribution in [3.05, 3.63) is 0 Å². The van der Waals surface area contributed by atoms with Gasteiger partial charge in [0, 0.05) is 0 Å². The van der Waals surface area contributed by atoms with Crippen molar-refractivity contribution in [3.8, 4) is 0 Å². The van der Waals surface area contributed by atoms with Crippen LogP contribution < -0.4 is 18.9 Å². The van der Waals surface area contributed by atoms with Crippen molar-refractivity contribution in [2.45, 2.75) is 0 Å². The molecule has 0 amide bonds. The van der Waals surface area contributed by atoms with E-state index in [9.17, 15) is 0 Å². The third kappa shape index (κ3) is 1070. The van der Waals surface area contributed by atoms with Gasteiger partial charge in [0.25, 0.3) is 0 Å². The number of rotatable bonds is 0. The molecule has 0 aromatic heterocycles. The molecule has 0 saturated carbocycles. The average molecular weight is 224 g/mol. The summed E-state index contributed by atoms with van der Waals surface area (Å²) >= 11 is 0. The van der Waals surface area contributed by atoms with Gasteiger partial charge in [-0.3, -0.25) is 8.92 Å². The molecule has 0 fully saturated rings. The van der Waals surface area contributed by atoms with Crippen LogP contribution in [0.1, 0.15) is 1.43 Å². The van der Waals surface area contributed by atoms with Crippen LogP contribution in [-0.4, -0.2) is 72.2 Å². The van der Waals surface area contributed by atoms with E-state index in [1.807, 2.05) is 0 Å². The van der Waals surface area contributed by atoms with E-state index < -0.39 is 18.3 Å². The monoisotopic (exact) mass is 224 g/mol. The summed E-state index contributed by atoms with van der Waals surface area (Å²) in [5, 5.41) is 0. The first-order valence-electron chi connectivity index (χ1n) is 1.30. The van der Waals surface area contributed by atoms with Crippen molar-refractivity contribution >= 4 is 53.1 Å². The molecule has 11 heteroatoms. The summed E-state index contributed by atoms with van der Waals surface area (Å²) in [6, 6.07) is 0. The van der Waals surface area contributed by atoms with Gasteiger partial charge < -0.3 is 20.6 Å². The van der Waals surface area contributed by atoms with Gasteiger partial charge in [0.15, 0.2) is 34.7 Å². The van der Waals surface area contributed by atoms with E-state index in [0.717, 1.165) is 0 Å². The molecule has 0 aliphatic rings. The molecule has 0 spiro atoms. The summed E-state index contributed by atoms with van der Waals surface area (Å²) in [5.74, 6) is 0. The predicted octanol–water partition coefficient (Wildman–Crippen LogP) is -8.48. The maximum atomic E-state index is 8.74. The molecule has 0 atom stereocenters. The molecule has 0 bridgehead atoms. The molecule has 0 aliphatic heterocycles. The van der Waals surface area contributed by atoms with E-state index >= 15 is 0 Å². The molecule has 6 nitrogen and oxygen atoms in total. The quantitative estimate of drug-likeness (QED) is 0.304. The minimum atomic E-state index is -3.13. The van der Waals surface area contributed by atoms with Gasteiger partial charge in [-0.25, -0.2) is 0 Å². The van der Waals surface area contributed by atoms with E-state index in [4.69, 9.17) is 28.1 Å². The molecular weight excluding hydrogens is 213 g/mol. The largest absolute Gasteiger partial charge is 1.00 e. The summed E-state index contributed by atoms with van der Waals surface area (Å²) in [4.78, 5) is 28.6. The normalized spacial score (nSPS) is 4.36. The van der Waals surface area contributed by atoms with Crippen molar-refractivity contribution in [3.63, 3.8) is 0 Å². The Morgan fingerprint density at radius 2 is 0.818 bits per heavy atom. The number of hydrogen-bond donors (Lipinski definition) is 4. The van der Waals surface area contributed by atoms with Gasteiger partial charge in [-0.15, -0.1) is 0 Å². The molecule has 0 rings (SSSR count). The van der Waals surface area contributed by atoms with E-state index in [1.54, 1.807) is 0 Å². The molecule has 0 radical (unpaired) electrons. The summed E-state index contributed by atoms with van der Waals surface area (Å²) < 4.78 is 17.5. The van der Waals surface area contributed by atoms with Crippen molar-refractivity contribution in [1.82, 2.24) is 0 Å². The van der Waals surface area contributed by atoms with E-state index in [2.05, 4.69) is 0 Å². The average Bonchev–Trinajstić information content (AvgIpc) is 1.25. The van der Waals surface area contributed by atoms with Crippen molar-refractivity contribution in [1.29, 1.82) is 0 Å². The molecule has 0 heterocycles. The Morgan fingerprint density at radius 3 is 0.818 bits per heavy atom. The molecule has 0 saturated heterocycles. The Hall–Kier alpha value is 0.896. The van der Waals surface area contributed by atoms with Gasteiger partial charge in [0.1, 0.15) is 0 Å². The predicted molar refractivity (Wildman–Crippen MR) is 42.7 cm³/mol. The molecular formula is H11Al2LiO6Si2. The third-order valence-electron chi connectivity index (χ3n) is 0. The Kier molecular flexibility index (Phi) is 60.6. The number of hydrogen-bond acceptors (Lipinski definition) is 2. The third-order valence-corrected chi connectivity index (χ3v) is 0. The van der Waals surface area contributed by atoms with Crippen LogP contribution in [0.2, 0.25) is 0 Å². The minimum absolute atomic E-state index is 0. The second kappa shape index (κ2) is 22.4. The van der Waals surface area contributed by atoms with Crippen molar-refractivity contribution in [2.24, 2.45) is 0 Å². The Bertz CT molecular complexity index is 81.5. The van der Waals surface area contributed by atoms with Crippen molar-refractivity contribution < 1.29 is 48.4 Å². The molecule has 0 aromatic carbocycles. The molecule has 0 aliphatic carbocycles. The SMILES string of the molecule is O=[Si](O)O.O=[Si](O)O.[AlH3].[AlH3].[H-].[Li+]. The summed E-state index contributed by atoms with van der Waals surface area (Å²) in [6.45, 7) is 0. The first kappa shape index (κ1) is 29.7. The van der Waals surface area contributed by atoms with Crippen LogP contribution in [0.25, 0.3) is 0 Å². The van der Waals surface area contributed by atoms with Crippen LogP contribution in [0.15, 0.2) is 0 Å². The van der Waals surface area contributed by atoms with Crippen LogP contribution in [0.3, 0.4) is 0 Å². The first-order valence-corrected chi connectivity index (χ1v) is 3.91. The van der Waals surface area contributed by atoms with E-state index in [1.165, 1.54) is 0 Å². The van der Waals surface area contributed by atoms with Gasteiger partial charge >= 0.3 is 37.2 Å². The Balaban J connectivity index is -0.0000000112. The van der Waals surface area contributed by atoms with E-state index in [0.29, 0.717) is 0 Å². The maximum absolute atomic E-state index is 8.74. The molecule has 11 heavy (non-hydrogen) atoms. The van der Waals surface area contributed by atoms with Crippen LogP contribution in [-0.2, 0) is 8.92 Å². The Labute approximate surface area is 101 Å². The van der Waals surface area contributed by atoms with Gasteiger partial charge in [0.05, 0.1) is 0 Å². The smallest absolute Gasteiger partial charge is 1.00 e. The fraction of sp³-hybridized carbons (Fsp3) is 0. The fourth-order valence-corrected chi connectivity index (χ4v) is 0. The summed E-state index contributed by atoms with van der Waals surface area (Å²) in [7, 11) is -6.26. The minimum Gasteiger partial charge on any atom is -1.00 e. The molecule has 4 N–H and O–H groups in total. The van der Waals surface area contributed by atoms with Crippen molar-refractivity contribution in [2.75, 3.05) is 0 Å². The Morgan fingerprint density at radius 1 is 0.818 bits per heavy atom. The van der Waals surface area contributed by atoms with Crippen LogP contribution in [0.5, 0.6) is 0 Å². The van der Waals surface area contributed by atoms with Crippen LogP contribution in [0.4, 0.5) is 0 Å². The molecule has 62 valence electrons. The molecule has 0 aromatic rings. The fourth-order valence-electron chi connectivity index (χ4n) is 0. The second-order valence-electron chi connectivity index (χ2n) is 0.565. The van der Waals surface area contributed by atoms with Gasteiger partial charge in [-0.05, 0) is 0 Å². The summed E-state index contributed by atoms with van der Waals surface area (Å²) in [6.07, 6.45) is 0. The first-order chi connectivity index (χ1) is 3.46. The zero-order valence-electron chi connectivity index (χ0n) is 5.61.